The van der Waals surface area contributed by atoms with E-state index in [1.165, 1.54) is 6.92 Å². The van der Waals surface area contributed by atoms with E-state index in [9.17, 15) is 9.59 Å². The van der Waals surface area contributed by atoms with E-state index in [-0.39, 0.29) is 17.7 Å². The highest BCUT2D eigenvalue weighted by Gasteiger charge is 2.38. The van der Waals surface area contributed by atoms with Gasteiger partial charge in [-0.25, -0.2) is 0 Å². The topological polar surface area (TPSA) is 58.2 Å². The normalized spacial score (nSPS) is 21.2. The number of benzene rings is 1. The molecule has 2 N–H and O–H groups in total. The van der Waals surface area contributed by atoms with Gasteiger partial charge >= 0.3 is 0 Å². The highest BCUT2D eigenvalue weighted by molar-refractivity contribution is 5.88. The van der Waals surface area contributed by atoms with Gasteiger partial charge in [-0.15, -0.1) is 0 Å². The van der Waals surface area contributed by atoms with Crippen molar-refractivity contribution in [3.05, 3.63) is 29.8 Å². The summed E-state index contributed by atoms with van der Waals surface area (Å²) >= 11 is 0. The Morgan fingerprint density at radius 1 is 1.28 bits per heavy atom. The maximum absolute atomic E-state index is 11.6. The summed E-state index contributed by atoms with van der Waals surface area (Å²) < 4.78 is 0. The fourth-order valence-electron chi connectivity index (χ4n) is 1.92. The van der Waals surface area contributed by atoms with Crippen molar-refractivity contribution >= 4 is 17.5 Å². The third-order valence-corrected chi connectivity index (χ3v) is 3.19. The van der Waals surface area contributed by atoms with Crippen molar-refractivity contribution in [1.82, 2.24) is 5.32 Å². The monoisotopic (exact) mass is 246 g/mol. The standard InChI is InChI=1S/C14H18N2O2/c1-9-7-13(9)14(18)15-8-11-3-5-12(6-4-11)16-10(2)17/h3-6,9,13H,7-8H2,1-2H3,(H,15,18)(H,16,17)/t9-,13-/m0/s1. The first kappa shape index (κ1) is 12.6. The molecule has 0 radical (unpaired) electrons. The van der Waals surface area contributed by atoms with E-state index in [4.69, 9.17) is 0 Å². The molecule has 0 unspecified atom stereocenters. The summed E-state index contributed by atoms with van der Waals surface area (Å²) in [5.41, 5.74) is 1.80. The Labute approximate surface area is 107 Å². The van der Waals surface area contributed by atoms with Gasteiger partial charge in [0.2, 0.25) is 11.8 Å². The van der Waals surface area contributed by atoms with Gasteiger partial charge in [0.05, 0.1) is 0 Å². The van der Waals surface area contributed by atoms with Crippen LogP contribution < -0.4 is 10.6 Å². The van der Waals surface area contributed by atoms with Crippen molar-refractivity contribution in [3.8, 4) is 0 Å². The Hall–Kier alpha value is -1.84. The van der Waals surface area contributed by atoms with Gasteiger partial charge in [-0.05, 0) is 30.0 Å². The molecule has 0 aliphatic heterocycles. The molecule has 2 atom stereocenters. The lowest BCUT2D eigenvalue weighted by Crippen LogP contribution is -2.24. The molecule has 1 saturated carbocycles. The Bertz CT molecular complexity index is 453. The highest BCUT2D eigenvalue weighted by atomic mass is 16.2. The van der Waals surface area contributed by atoms with E-state index in [1.54, 1.807) is 0 Å². The van der Waals surface area contributed by atoms with E-state index >= 15 is 0 Å². The fourth-order valence-corrected chi connectivity index (χ4v) is 1.92. The Morgan fingerprint density at radius 2 is 1.89 bits per heavy atom. The van der Waals surface area contributed by atoms with Gasteiger partial charge in [-0.3, -0.25) is 9.59 Å². The minimum absolute atomic E-state index is 0.0845. The zero-order valence-electron chi connectivity index (χ0n) is 10.7. The number of carbonyl (C=O) groups excluding carboxylic acids is 2. The molecule has 0 bridgehead atoms. The van der Waals surface area contributed by atoms with Crippen LogP contribution in [0.3, 0.4) is 0 Å². The molecule has 1 aromatic rings. The molecule has 0 spiro atoms. The van der Waals surface area contributed by atoms with Gasteiger partial charge in [-0.1, -0.05) is 19.1 Å². The van der Waals surface area contributed by atoms with Crippen molar-refractivity contribution in [1.29, 1.82) is 0 Å². The van der Waals surface area contributed by atoms with Gasteiger partial charge in [0.1, 0.15) is 0 Å². The summed E-state index contributed by atoms with van der Waals surface area (Å²) in [7, 11) is 0. The lowest BCUT2D eigenvalue weighted by atomic mass is 10.2. The first-order valence-corrected chi connectivity index (χ1v) is 6.20. The Balaban J connectivity index is 1.82. The van der Waals surface area contributed by atoms with Crippen LogP contribution >= 0.6 is 0 Å². The van der Waals surface area contributed by atoms with Crippen LogP contribution in [0.4, 0.5) is 5.69 Å². The van der Waals surface area contributed by atoms with E-state index in [0.29, 0.717) is 12.5 Å². The molecule has 1 aromatic carbocycles. The number of anilines is 1. The SMILES string of the molecule is CC(=O)Nc1ccc(CNC(=O)[C@H]2C[C@@H]2C)cc1. The third kappa shape index (κ3) is 3.32. The summed E-state index contributed by atoms with van der Waals surface area (Å²) in [6, 6.07) is 7.48. The maximum atomic E-state index is 11.6. The molecule has 4 nitrogen and oxygen atoms in total. The lowest BCUT2D eigenvalue weighted by Gasteiger charge is -2.06. The van der Waals surface area contributed by atoms with Crippen molar-refractivity contribution in [2.75, 3.05) is 5.32 Å². The number of hydrogen-bond donors (Lipinski definition) is 2. The van der Waals surface area contributed by atoms with Crippen LogP contribution in [-0.2, 0) is 16.1 Å². The van der Waals surface area contributed by atoms with E-state index in [1.807, 2.05) is 24.3 Å². The zero-order valence-corrected chi connectivity index (χ0v) is 10.7. The molecule has 0 aromatic heterocycles. The van der Waals surface area contributed by atoms with Crippen LogP contribution in [0.2, 0.25) is 0 Å². The van der Waals surface area contributed by atoms with Gasteiger partial charge in [-0.2, -0.15) is 0 Å². The first-order chi connectivity index (χ1) is 8.56. The molecule has 2 amide bonds. The van der Waals surface area contributed by atoms with Crippen LogP contribution in [0.25, 0.3) is 0 Å². The van der Waals surface area contributed by atoms with Crippen molar-refractivity contribution in [2.45, 2.75) is 26.8 Å². The van der Waals surface area contributed by atoms with E-state index in [2.05, 4.69) is 17.6 Å². The average Bonchev–Trinajstić information content (AvgIpc) is 3.04. The molecule has 0 saturated heterocycles. The molecule has 1 aliphatic carbocycles. The second-order valence-corrected chi connectivity index (χ2v) is 4.92. The van der Waals surface area contributed by atoms with Crippen LogP contribution in [0, 0.1) is 11.8 Å². The number of hydrogen-bond acceptors (Lipinski definition) is 2. The summed E-state index contributed by atoms with van der Waals surface area (Å²) in [5.74, 6) is 0.808. The predicted molar refractivity (Wildman–Crippen MR) is 69.9 cm³/mol. The summed E-state index contributed by atoms with van der Waals surface area (Å²) in [6.07, 6.45) is 1.01. The minimum atomic E-state index is -0.0845. The Morgan fingerprint density at radius 3 is 2.39 bits per heavy atom. The molecule has 4 heteroatoms. The van der Waals surface area contributed by atoms with Crippen LogP contribution in [0.15, 0.2) is 24.3 Å². The minimum Gasteiger partial charge on any atom is -0.352 e. The maximum Gasteiger partial charge on any atom is 0.223 e. The van der Waals surface area contributed by atoms with Crippen molar-refractivity contribution in [2.24, 2.45) is 11.8 Å². The molecule has 1 fully saturated rings. The van der Waals surface area contributed by atoms with Gasteiger partial charge in [0.15, 0.2) is 0 Å². The van der Waals surface area contributed by atoms with Crippen molar-refractivity contribution in [3.63, 3.8) is 0 Å². The molecular weight excluding hydrogens is 228 g/mol. The Kier molecular flexibility index (Phi) is 3.65. The third-order valence-electron chi connectivity index (χ3n) is 3.19. The second kappa shape index (κ2) is 5.21. The largest absolute Gasteiger partial charge is 0.352 e. The second-order valence-electron chi connectivity index (χ2n) is 4.92. The molecule has 18 heavy (non-hydrogen) atoms. The van der Waals surface area contributed by atoms with Crippen LogP contribution in [0.1, 0.15) is 25.8 Å². The molecule has 0 heterocycles. The number of amides is 2. The summed E-state index contributed by atoms with van der Waals surface area (Å²) in [4.78, 5) is 22.5. The van der Waals surface area contributed by atoms with Crippen LogP contribution in [-0.4, -0.2) is 11.8 Å². The molecule has 2 rings (SSSR count). The predicted octanol–water partition coefficient (Wildman–Crippen LogP) is 1.92. The fraction of sp³-hybridized carbons (Fsp3) is 0.429. The molecule has 1 aliphatic rings. The first-order valence-electron chi connectivity index (χ1n) is 6.20. The lowest BCUT2D eigenvalue weighted by molar-refractivity contribution is -0.122. The summed E-state index contributed by atoms with van der Waals surface area (Å²) in [6.45, 7) is 4.11. The highest BCUT2D eigenvalue weighted by Crippen LogP contribution is 2.37. The smallest absolute Gasteiger partial charge is 0.223 e. The van der Waals surface area contributed by atoms with E-state index < -0.39 is 0 Å². The van der Waals surface area contributed by atoms with Gasteiger partial charge in [0, 0.05) is 25.1 Å². The zero-order chi connectivity index (χ0) is 13.1. The average molecular weight is 246 g/mol. The van der Waals surface area contributed by atoms with E-state index in [0.717, 1.165) is 17.7 Å². The van der Waals surface area contributed by atoms with Crippen LogP contribution in [0.5, 0.6) is 0 Å². The number of nitrogens with one attached hydrogen (secondary N) is 2. The molecule has 96 valence electrons. The van der Waals surface area contributed by atoms with Gasteiger partial charge in [0.25, 0.3) is 0 Å². The number of rotatable bonds is 4. The quantitative estimate of drug-likeness (QED) is 0.852. The van der Waals surface area contributed by atoms with Crippen molar-refractivity contribution < 1.29 is 9.59 Å². The number of carbonyl (C=O) groups is 2. The summed E-state index contributed by atoms with van der Waals surface area (Å²) in [5, 5.41) is 5.63. The van der Waals surface area contributed by atoms with Gasteiger partial charge < -0.3 is 10.6 Å². The molecular formula is C14H18N2O2.